The fourth-order valence-electron chi connectivity index (χ4n) is 1.59. The summed E-state index contributed by atoms with van der Waals surface area (Å²) in [6.45, 7) is 4.05. The van der Waals surface area contributed by atoms with Crippen LogP contribution >= 0.6 is 23.1 Å². The van der Waals surface area contributed by atoms with E-state index in [1.165, 1.54) is 11.1 Å². The minimum Gasteiger partial charge on any atom is -0.323 e. The van der Waals surface area contributed by atoms with Crippen LogP contribution < -0.4 is 5.73 Å². The van der Waals surface area contributed by atoms with Crippen LogP contribution in [0.2, 0.25) is 0 Å². The molecule has 0 bridgehead atoms. The number of aryl methyl sites for hydroxylation is 2. The van der Waals surface area contributed by atoms with Crippen molar-refractivity contribution in [1.29, 1.82) is 0 Å². The number of aromatic nitrogens is 2. The molecule has 0 aliphatic carbocycles. The highest BCUT2D eigenvalue weighted by Gasteiger charge is 2.10. The lowest BCUT2D eigenvalue weighted by Gasteiger charge is -2.13. The predicted octanol–water partition coefficient (Wildman–Crippen LogP) is 2.95. The molecule has 17 heavy (non-hydrogen) atoms. The van der Waals surface area contributed by atoms with Crippen LogP contribution in [-0.4, -0.2) is 16.0 Å². The first kappa shape index (κ1) is 12.5. The van der Waals surface area contributed by atoms with Crippen molar-refractivity contribution in [3.63, 3.8) is 0 Å². The van der Waals surface area contributed by atoms with Crippen LogP contribution in [0, 0.1) is 13.8 Å². The molecule has 90 valence electrons. The van der Waals surface area contributed by atoms with E-state index in [1.54, 1.807) is 23.1 Å². The van der Waals surface area contributed by atoms with Gasteiger partial charge in [-0.2, -0.15) is 0 Å². The van der Waals surface area contributed by atoms with E-state index in [-0.39, 0.29) is 6.04 Å². The second kappa shape index (κ2) is 5.62. The third kappa shape index (κ3) is 3.28. The first-order valence-corrected chi connectivity index (χ1v) is 7.21. The average molecular weight is 265 g/mol. The normalized spacial score (nSPS) is 12.6. The Balaban J connectivity index is 1.98. The summed E-state index contributed by atoms with van der Waals surface area (Å²) < 4.78 is 0.992. The smallest absolute Gasteiger partial charge is 0.174 e. The van der Waals surface area contributed by atoms with Gasteiger partial charge in [0.1, 0.15) is 5.01 Å². The molecule has 0 saturated carbocycles. The number of nitrogens with zero attached hydrogens (tertiary/aromatic N) is 2. The number of benzene rings is 1. The Morgan fingerprint density at radius 1 is 1.29 bits per heavy atom. The second-order valence-corrected chi connectivity index (χ2v) is 6.31. The Morgan fingerprint density at radius 2 is 2.06 bits per heavy atom. The summed E-state index contributed by atoms with van der Waals surface area (Å²) in [6.07, 6.45) is 0. The van der Waals surface area contributed by atoms with Crippen LogP contribution in [0.5, 0.6) is 0 Å². The zero-order chi connectivity index (χ0) is 12.3. The summed E-state index contributed by atoms with van der Waals surface area (Å²) >= 11 is 3.29. The van der Waals surface area contributed by atoms with Gasteiger partial charge in [-0.3, -0.25) is 0 Å². The van der Waals surface area contributed by atoms with Crippen molar-refractivity contribution < 1.29 is 0 Å². The summed E-state index contributed by atoms with van der Waals surface area (Å²) in [4.78, 5) is 0. The van der Waals surface area contributed by atoms with Crippen LogP contribution in [-0.2, 0) is 0 Å². The van der Waals surface area contributed by atoms with Gasteiger partial charge in [0, 0.05) is 11.8 Å². The minimum atomic E-state index is 0.0467. The van der Waals surface area contributed by atoms with Gasteiger partial charge in [0.25, 0.3) is 0 Å². The van der Waals surface area contributed by atoms with Crippen molar-refractivity contribution in [2.24, 2.45) is 5.73 Å². The van der Waals surface area contributed by atoms with Crippen molar-refractivity contribution in [2.45, 2.75) is 24.2 Å². The number of thioether (sulfide) groups is 1. The maximum absolute atomic E-state index is 6.19. The van der Waals surface area contributed by atoms with Gasteiger partial charge >= 0.3 is 0 Å². The number of hydrogen-bond acceptors (Lipinski definition) is 5. The first-order chi connectivity index (χ1) is 8.16. The van der Waals surface area contributed by atoms with E-state index in [0.717, 1.165) is 15.1 Å². The number of hydrogen-bond donors (Lipinski definition) is 1. The van der Waals surface area contributed by atoms with Crippen LogP contribution in [0.4, 0.5) is 0 Å². The Morgan fingerprint density at radius 3 is 2.71 bits per heavy atom. The first-order valence-electron chi connectivity index (χ1n) is 5.41. The molecule has 0 fully saturated rings. The summed E-state index contributed by atoms with van der Waals surface area (Å²) in [6, 6.07) is 8.29. The van der Waals surface area contributed by atoms with Gasteiger partial charge in [0.05, 0.1) is 0 Å². The molecule has 0 radical (unpaired) electrons. The fraction of sp³-hybridized carbons (Fsp3) is 0.333. The monoisotopic (exact) mass is 265 g/mol. The molecule has 3 nitrogen and oxygen atoms in total. The molecule has 0 aliphatic rings. The van der Waals surface area contributed by atoms with E-state index in [2.05, 4.69) is 29.3 Å². The third-order valence-corrected chi connectivity index (χ3v) is 4.57. The molecule has 5 heteroatoms. The standard InChI is InChI=1S/C12H15N3S2/c1-8-5-3-4-6-10(8)11(13)7-16-12-15-14-9(2)17-12/h3-6,11H,7,13H2,1-2H3. The lowest BCUT2D eigenvalue weighted by atomic mass is 10.0. The van der Waals surface area contributed by atoms with Gasteiger partial charge < -0.3 is 5.73 Å². The summed E-state index contributed by atoms with van der Waals surface area (Å²) in [5, 5.41) is 9.07. The van der Waals surface area contributed by atoms with Crippen molar-refractivity contribution in [1.82, 2.24) is 10.2 Å². The van der Waals surface area contributed by atoms with Crippen molar-refractivity contribution in [3.8, 4) is 0 Å². The zero-order valence-corrected chi connectivity index (χ0v) is 11.5. The van der Waals surface area contributed by atoms with Crippen LogP contribution in [0.1, 0.15) is 22.2 Å². The van der Waals surface area contributed by atoms with Gasteiger partial charge in [-0.05, 0) is 25.0 Å². The molecule has 0 amide bonds. The van der Waals surface area contributed by atoms with Gasteiger partial charge in [-0.25, -0.2) is 0 Å². The van der Waals surface area contributed by atoms with Crippen molar-refractivity contribution in [2.75, 3.05) is 5.75 Å². The largest absolute Gasteiger partial charge is 0.323 e. The Kier molecular flexibility index (Phi) is 4.15. The number of rotatable bonds is 4. The molecule has 2 N–H and O–H groups in total. The minimum absolute atomic E-state index is 0.0467. The maximum atomic E-state index is 6.19. The third-order valence-electron chi connectivity index (χ3n) is 2.48. The SMILES string of the molecule is Cc1nnc(SCC(N)c2ccccc2C)s1. The molecular weight excluding hydrogens is 250 g/mol. The van der Waals surface area contributed by atoms with Gasteiger partial charge in [-0.1, -0.05) is 47.4 Å². The summed E-state index contributed by atoms with van der Waals surface area (Å²) in [7, 11) is 0. The molecule has 0 saturated heterocycles. The van der Waals surface area contributed by atoms with Crippen LogP contribution in [0.25, 0.3) is 0 Å². The summed E-state index contributed by atoms with van der Waals surface area (Å²) in [5.74, 6) is 0.833. The quantitative estimate of drug-likeness (QED) is 0.864. The van der Waals surface area contributed by atoms with Gasteiger partial charge in [0.15, 0.2) is 4.34 Å². The molecule has 2 rings (SSSR count). The molecular formula is C12H15N3S2. The molecule has 1 aromatic heterocycles. The lowest BCUT2D eigenvalue weighted by molar-refractivity contribution is 0.821. The summed E-state index contributed by atoms with van der Waals surface area (Å²) in [5.41, 5.74) is 8.64. The van der Waals surface area contributed by atoms with Crippen LogP contribution in [0.3, 0.4) is 0 Å². The zero-order valence-electron chi connectivity index (χ0n) is 9.88. The highest BCUT2D eigenvalue weighted by Crippen LogP contribution is 2.26. The number of nitrogens with two attached hydrogens (primary N) is 1. The molecule has 1 unspecified atom stereocenters. The van der Waals surface area contributed by atoms with E-state index < -0.39 is 0 Å². The maximum Gasteiger partial charge on any atom is 0.174 e. The Labute approximate surface area is 109 Å². The van der Waals surface area contributed by atoms with Gasteiger partial charge in [0.2, 0.25) is 0 Å². The molecule has 0 spiro atoms. The van der Waals surface area contributed by atoms with E-state index in [9.17, 15) is 0 Å². The van der Waals surface area contributed by atoms with E-state index in [0.29, 0.717) is 0 Å². The highest BCUT2D eigenvalue weighted by atomic mass is 32.2. The molecule has 1 aromatic carbocycles. The molecule has 1 heterocycles. The van der Waals surface area contributed by atoms with E-state index in [1.807, 2.05) is 19.1 Å². The van der Waals surface area contributed by atoms with E-state index in [4.69, 9.17) is 5.73 Å². The van der Waals surface area contributed by atoms with Crippen molar-refractivity contribution >= 4 is 23.1 Å². The second-order valence-electron chi connectivity index (χ2n) is 3.86. The predicted molar refractivity (Wildman–Crippen MR) is 73.5 cm³/mol. The molecule has 2 aromatic rings. The fourth-order valence-corrected chi connectivity index (χ4v) is 3.41. The Hall–Kier alpha value is -0.910. The van der Waals surface area contributed by atoms with Crippen LogP contribution in [0.15, 0.2) is 28.6 Å². The van der Waals surface area contributed by atoms with Gasteiger partial charge in [-0.15, -0.1) is 10.2 Å². The highest BCUT2D eigenvalue weighted by molar-refractivity contribution is 8.01. The molecule has 0 aliphatic heterocycles. The Bertz CT molecular complexity index is 496. The lowest BCUT2D eigenvalue weighted by Crippen LogP contribution is -2.14. The molecule has 1 atom stereocenters. The topological polar surface area (TPSA) is 51.8 Å². The van der Waals surface area contributed by atoms with Crippen molar-refractivity contribution in [3.05, 3.63) is 40.4 Å². The van der Waals surface area contributed by atoms with E-state index >= 15 is 0 Å². The average Bonchev–Trinajstić information content (AvgIpc) is 2.73.